The summed E-state index contributed by atoms with van der Waals surface area (Å²) in [6, 6.07) is 3.36. The predicted octanol–water partition coefficient (Wildman–Crippen LogP) is 0.401. The van der Waals surface area contributed by atoms with Gasteiger partial charge in [0.25, 0.3) is 5.56 Å². The molecule has 0 aliphatic carbocycles. The molecular weight excluding hydrogens is 216 g/mol. The number of pyridine rings is 1. The molecule has 3 rings (SSSR count). The maximum absolute atomic E-state index is 11.8. The second-order valence-corrected chi connectivity index (χ2v) is 4.44. The van der Waals surface area contributed by atoms with E-state index in [0.29, 0.717) is 5.92 Å². The van der Waals surface area contributed by atoms with Crippen LogP contribution in [0.4, 0.5) is 0 Å². The number of rotatable bonds is 3. The van der Waals surface area contributed by atoms with Gasteiger partial charge in [-0.15, -0.1) is 0 Å². The fraction of sp³-hybridized carbons (Fsp3) is 0.417. The summed E-state index contributed by atoms with van der Waals surface area (Å²) in [7, 11) is 0. The summed E-state index contributed by atoms with van der Waals surface area (Å²) in [4.78, 5) is 20.0. The van der Waals surface area contributed by atoms with Crippen molar-refractivity contribution < 1.29 is 0 Å². The Labute approximate surface area is 98.5 Å². The molecule has 1 aliphatic rings. The Morgan fingerprint density at radius 2 is 2.29 bits per heavy atom. The molecule has 1 saturated heterocycles. The van der Waals surface area contributed by atoms with E-state index in [1.165, 1.54) is 6.33 Å². The zero-order valence-corrected chi connectivity index (χ0v) is 9.47. The van der Waals surface area contributed by atoms with Gasteiger partial charge in [0.05, 0.1) is 0 Å². The summed E-state index contributed by atoms with van der Waals surface area (Å²) in [5.74, 6) is 0.694. The summed E-state index contributed by atoms with van der Waals surface area (Å²) in [5.41, 5.74) is 0.753. The van der Waals surface area contributed by atoms with Crippen LogP contribution >= 0.6 is 0 Å². The molecule has 0 amide bonds. The highest BCUT2D eigenvalue weighted by Crippen LogP contribution is 2.12. The quantitative estimate of drug-likeness (QED) is 0.829. The Balaban J connectivity index is 1.95. The molecule has 0 aromatic carbocycles. The number of nitrogens with zero attached hydrogens (tertiary/aromatic N) is 3. The highest BCUT2D eigenvalue weighted by Gasteiger charge is 2.16. The van der Waals surface area contributed by atoms with Crippen LogP contribution in [0.15, 0.2) is 29.5 Å². The van der Waals surface area contributed by atoms with Crippen molar-refractivity contribution in [1.29, 1.82) is 0 Å². The van der Waals surface area contributed by atoms with Gasteiger partial charge >= 0.3 is 0 Å². The molecule has 3 heterocycles. The van der Waals surface area contributed by atoms with Crippen LogP contribution in [0, 0.1) is 5.92 Å². The van der Waals surface area contributed by atoms with Crippen LogP contribution in [0.5, 0.6) is 0 Å². The van der Waals surface area contributed by atoms with E-state index in [2.05, 4.69) is 15.3 Å². The standard InChI is InChI=1S/C12H14N4O/c17-11-2-1-10-7-14-8-15-12(10)16(11)4-3-9-5-13-6-9/h1-2,7-9,13H,3-6H2. The second kappa shape index (κ2) is 4.25. The molecule has 0 saturated carbocycles. The van der Waals surface area contributed by atoms with Gasteiger partial charge in [-0.3, -0.25) is 9.36 Å². The summed E-state index contributed by atoms with van der Waals surface area (Å²) in [6.07, 6.45) is 4.25. The molecule has 5 heteroatoms. The summed E-state index contributed by atoms with van der Waals surface area (Å²) >= 11 is 0. The summed E-state index contributed by atoms with van der Waals surface area (Å²) < 4.78 is 1.75. The molecule has 2 aromatic heterocycles. The van der Waals surface area contributed by atoms with Crippen molar-refractivity contribution in [3.05, 3.63) is 35.0 Å². The van der Waals surface area contributed by atoms with Crippen LogP contribution in [0.25, 0.3) is 11.0 Å². The highest BCUT2D eigenvalue weighted by molar-refractivity contribution is 5.73. The molecule has 17 heavy (non-hydrogen) atoms. The van der Waals surface area contributed by atoms with E-state index in [1.807, 2.05) is 0 Å². The SMILES string of the molecule is O=c1ccc2cncnc2n1CCC1CNC1. The average Bonchev–Trinajstić information content (AvgIpc) is 2.30. The first-order chi connectivity index (χ1) is 8.34. The lowest BCUT2D eigenvalue weighted by Gasteiger charge is -2.27. The van der Waals surface area contributed by atoms with Crippen LogP contribution < -0.4 is 10.9 Å². The lowest BCUT2D eigenvalue weighted by molar-refractivity contribution is 0.312. The van der Waals surface area contributed by atoms with Gasteiger partial charge in [-0.25, -0.2) is 9.97 Å². The van der Waals surface area contributed by atoms with Crippen molar-refractivity contribution in [1.82, 2.24) is 19.9 Å². The largest absolute Gasteiger partial charge is 0.316 e. The minimum atomic E-state index is 0.0171. The number of hydrogen-bond donors (Lipinski definition) is 1. The van der Waals surface area contributed by atoms with Gasteiger partial charge in [0.2, 0.25) is 0 Å². The van der Waals surface area contributed by atoms with Crippen molar-refractivity contribution in [2.45, 2.75) is 13.0 Å². The van der Waals surface area contributed by atoms with Gasteiger partial charge in [0.15, 0.2) is 0 Å². The number of hydrogen-bond acceptors (Lipinski definition) is 4. The van der Waals surface area contributed by atoms with E-state index < -0.39 is 0 Å². The monoisotopic (exact) mass is 230 g/mol. The number of aromatic nitrogens is 3. The van der Waals surface area contributed by atoms with Gasteiger partial charge < -0.3 is 5.32 Å². The summed E-state index contributed by atoms with van der Waals surface area (Å²) in [6.45, 7) is 2.86. The fourth-order valence-electron chi connectivity index (χ4n) is 2.11. The Hall–Kier alpha value is -1.75. The topological polar surface area (TPSA) is 59.8 Å². The molecule has 1 N–H and O–H groups in total. The van der Waals surface area contributed by atoms with Crippen molar-refractivity contribution in [2.24, 2.45) is 5.92 Å². The molecule has 88 valence electrons. The average molecular weight is 230 g/mol. The van der Waals surface area contributed by atoms with Crippen LogP contribution in [0.3, 0.4) is 0 Å². The first-order valence-electron chi connectivity index (χ1n) is 5.85. The highest BCUT2D eigenvalue weighted by atomic mass is 16.1. The maximum Gasteiger partial charge on any atom is 0.252 e. The van der Waals surface area contributed by atoms with E-state index >= 15 is 0 Å². The van der Waals surface area contributed by atoms with E-state index in [0.717, 1.165) is 37.1 Å². The molecule has 0 atom stereocenters. The minimum absolute atomic E-state index is 0.0171. The van der Waals surface area contributed by atoms with Gasteiger partial charge in [-0.1, -0.05) is 0 Å². The Kier molecular flexibility index (Phi) is 2.60. The zero-order chi connectivity index (χ0) is 11.7. The molecule has 1 fully saturated rings. The van der Waals surface area contributed by atoms with Gasteiger partial charge in [0.1, 0.15) is 12.0 Å². The summed E-state index contributed by atoms with van der Waals surface area (Å²) in [5, 5.41) is 4.15. The van der Waals surface area contributed by atoms with E-state index in [-0.39, 0.29) is 5.56 Å². The smallest absolute Gasteiger partial charge is 0.252 e. The first kappa shape index (κ1) is 10.4. The van der Waals surface area contributed by atoms with Crippen molar-refractivity contribution in [2.75, 3.05) is 13.1 Å². The van der Waals surface area contributed by atoms with E-state index in [1.54, 1.807) is 22.9 Å². The van der Waals surface area contributed by atoms with Crippen molar-refractivity contribution >= 4 is 11.0 Å². The van der Waals surface area contributed by atoms with Crippen LogP contribution in [0.2, 0.25) is 0 Å². The maximum atomic E-state index is 11.8. The molecule has 0 radical (unpaired) electrons. The molecule has 0 unspecified atom stereocenters. The van der Waals surface area contributed by atoms with Gasteiger partial charge in [-0.2, -0.15) is 0 Å². The van der Waals surface area contributed by atoms with Crippen LogP contribution in [-0.4, -0.2) is 27.6 Å². The van der Waals surface area contributed by atoms with Crippen molar-refractivity contribution in [3.63, 3.8) is 0 Å². The normalized spacial score (nSPS) is 16.0. The lowest BCUT2D eigenvalue weighted by Crippen LogP contribution is -2.42. The van der Waals surface area contributed by atoms with E-state index in [9.17, 15) is 4.79 Å². The lowest BCUT2D eigenvalue weighted by atomic mass is 9.99. The van der Waals surface area contributed by atoms with Crippen LogP contribution in [0.1, 0.15) is 6.42 Å². The Bertz CT molecular complexity index is 588. The zero-order valence-electron chi connectivity index (χ0n) is 9.47. The third-order valence-electron chi connectivity index (χ3n) is 3.27. The first-order valence-corrected chi connectivity index (χ1v) is 5.85. The predicted molar refractivity (Wildman–Crippen MR) is 64.8 cm³/mol. The fourth-order valence-corrected chi connectivity index (χ4v) is 2.11. The third kappa shape index (κ3) is 1.93. The molecule has 5 nitrogen and oxygen atoms in total. The molecule has 0 bridgehead atoms. The van der Waals surface area contributed by atoms with Crippen molar-refractivity contribution in [3.8, 4) is 0 Å². The Morgan fingerprint density at radius 1 is 1.41 bits per heavy atom. The van der Waals surface area contributed by atoms with E-state index in [4.69, 9.17) is 0 Å². The third-order valence-corrected chi connectivity index (χ3v) is 3.27. The van der Waals surface area contributed by atoms with Crippen LogP contribution in [-0.2, 0) is 6.54 Å². The number of nitrogens with one attached hydrogen (secondary N) is 1. The minimum Gasteiger partial charge on any atom is -0.316 e. The molecule has 0 spiro atoms. The number of aryl methyl sites for hydroxylation is 1. The number of fused-ring (bicyclic) bond motifs is 1. The molecular formula is C12H14N4O. The molecule has 1 aliphatic heterocycles. The van der Waals surface area contributed by atoms with Gasteiger partial charge in [-0.05, 0) is 31.5 Å². The molecule has 2 aromatic rings. The second-order valence-electron chi connectivity index (χ2n) is 4.44. The Morgan fingerprint density at radius 3 is 3.06 bits per heavy atom. The van der Waals surface area contributed by atoms with Gasteiger partial charge in [0, 0.05) is 24.2 Å².